The van der Waals surface area contributed by atoms with Gasteiger partial charge in [0.05, 0.1) is 11.3 Å². The number of rotatable bonds is 2. The number of Topliss-reactive ketones (excluding diaryl/α,β-unsaturated/α-hetero) is 1. The van der Waals surface area contributed by atoms with E-state index in [2.05, 4.69) is 11.2 Å². The number of aryl methyl sites for hydroxylation is 1. The molecule has 1 aromatic heterocycles. The maximum absolute atomic E-state index is 11.2. The van der Waals surface area contributed by atoms with E-state index >= 15 is 0 Å². The Hall–Kier alpha value is -1.25. The predicted octanol–water partition coefficient (Wildman–Crippen LogP) is 2.18. The Kier molecular flexibility index (Phi) is 4.16. The van der Waals surface area contributed by atoms with Crippen LogP contribution in [0.5, 0.6) is 0 Å². The van der Waals surface area contributed by atoms with E-state index in [0.29, 0.717) is 5.56 Å². The smallest absolute Gasteiger partial charge is 0.163 e. The molecule has 2 aromatic rings. The van der Waals surface area contributed by atoms with Crippen LogP contribution in [0.15, 0.2) is 30.5 Å². The third kappa shape index (κ3) is 2.46. The molecule has 0 aliphatic carbocycles. The van der Waals surface area contributed by atoms with Crippen LogP contribution in [0.3, 0.4) is 0 Å². The van der Waals surface area contributed by atoms with Gasteiger partial charge in [-0.3, -0.25) is 9.48 Å². The van der Waals surface area contributed by atoms with E-state index in [-0.39, 0.29) is 25.9 Å². The summed E-state index contributed by atoms with van der Waals surface area (Å²) >= 11 is 0. The maximum atomic E-state index is 11.2. The van der Waals surface area contributed by atoms with Crippen molar-refractivity contribution in [2.24, 2.45) is 0 Å². The van der Waals surface area contributed by atoms with E-state index in [9.17, 15) is 4.79 Å². The maximum Gasteiger partial charge on any atom is 0.163 e. The minimum atomic E-state index is 0. The first-order valence-electron chi connectivity index (χ1n) is 4.73. The molecule has 0 saturated heterocycles. The Labute approximate surface area is 108 Å². The van der Waals surface area contributed by atoms with Crippen molar-refractivity contribution in [2.75, 3.05) is 0 Å². The number of para-hydroxylation sites is 1. The van der Waals surface area contributed by atoms with E-state index in [4.69, 9.17) is 0 Å². The molecule has 1 radical (unpaired) electrons. The van der Waals surface area contributed by atoms with Crippen molar-refractivity contribution in [2.45, 2.75) is 13.8 Å². The van der Waals surface area contributed by atoms with Gasteiger partial charge in [0, 0.05) is 26.3 Å². The molecular formula is C12H11IrN2O-. The zero-order chi connectivity index (χ0) is 10.8. The molecule has 1 aromatic carbocycles. The van der Waals surface area contributed by atoms with Crippen LogP contribution in [-0.4, -0.2) is 15.6 Å². The Balaban J connectivity index is 0.00000128. The van der Waals surface area contributed by atoms with E-state index in [1.54, 1.807) is 17.8 Å². The summed E-state index contributed by atoms with van der Waals surface area (Å²) in [4.78, 5) is 11.2. The summed E-state index contributed by atoms with van der Waals surface area (Å²) in [6.45, 7) is 3.37. The molecule has 0 amide bonds. The molecule has 0 unspecified atom stereocenters. The van der Waals surface area contributed by atoms with Crippen LogP contribution in [0.1, 0.15) is 23.0 Å². The predicted molar refractivity (Wildman–Crippen MR) is 57.1 cm³/mol. The summed E-state index contributed by atoms with van der Waals surface area (Å²) < 4.78 is 1.67. The van der Waals surface area contributed by atoms with Crippen molar-refractivity contribution in [3.05, 3.63) is 47.8 Å². The fourth-order valence-corrected chi connectivity index (χ4v) is 1.46. The van der Waals surface area contributed by atoms with Crippen LogP contribution in [0.4, 0.5) is 0 Å². The van der Waals surface area contributed by atoms with E-state index in [1.807, 2.05) is 31.2 Å². The van der Waals surface area contributed by atoms with Gasteiger partial charge in [-0.05, 0) is 19.5 Å². The Morgan fingerprint density at radius 3 is 2.69 bits per heavy atom. The Morgan fingerprint density at radius 1 is 1.44 bits per heavy atom. The van der Waals surface area contributed by atoms with Crippen LogP contribution in [0.2, 0.25) is 0 Å². The molecule has 0 fully saturated rings. The summed E-state index contributed by atoms with van der Waals surface area (Å²) in [6, 6.07) is 10.6. The molecular weight excluding hydrogens is 380 g/mol. The number of carbonyl (C=O) groups is 1. The fraction of sp³-hybridized carbons (Fsp3) is 0.167. The summed E-state index contributed by atoms with van der Waals surface area (Å²) in [5.74, 6) is 0.0367. The molecule has 0 aliphatic heterocycles. The zero-order valence-electron chi connectivity index (χ0n) is 9.02. The number of carbonyl (C=O) groups excluding carboxylic acids is 1. The molecule has 0 saturated carbocycles. The van der Waals surface area contributed by atoms with Crippen LogP contribution in [-0.2, 0) is 20.1 Å². The first-order chi connectivity index (χ1) is 7.18. The van der Waals surface area contributed by atoms with Crippen LogP contribution >= 0.6 is 0 Å². The van der Waals surface area contributed by atoms with Crippen LogP contribution < -0.4 is 0 Å². The topological polar surface area (TPSA) is 34.9 Å². The molecule has 4 heteroatoms. The second-order valence-corrected chi connectivity index (χ2v) is 3.38. The molecule has 0 bridgehead atoms. The van der Waals surface area contributed by atoms with E-state index < -0.39 is 0 Å². The van der Waals surface area contributed by atoms with Gasteiger partial charge in [0.15, 0.2) is 5.78 Å². The van der Waals surface area contributed by atoms with Gasteiger partial charge in [-0.1, -0.05) is 0 Å². The first-order valence-corrected chi connectivity index (χ1v) is 4.73. The second-order valence-electron chi connectivity index (χ2n) is 3.38. The molecule has 2 rings (SSSR count). The third-order valence-electron chi connectivity index (χ3n) is 2.22. The molecule has 16 heavy (non-hydrogen) atoms. The van der Waals surface area contributed by atoms with E-state index in [0.717, 1.165) is 11.4 Å². The Morgan fingerprint density at radius 2 is 2.19 bits per heavy atom. The van der Waals surface area contributed by atoms with Crippen LogP contribution in [0.25, 0.3) is 5.69 Å². The quantitative estimate of drug-likeness (QED) is 0.581. The fourth-order valence-electron chi connectivity index (χ4n) is 1.46. The molecule has 0 aliphatic rings. The van der Waals surface area contributed by atoms with Crippen molar-refractivity contribution in [3.8, 4) is 5.69 Å². The largest absolute Gasteiger partial charge is 0.294 e. The van der Waals surface area contributed by atoms with Crippen LogP contribution in [0, 0.1) is 13.0 Å². The van der Waals surface area contributed by atoms with Crippen molar-refractivity contribution < 1.29 is 24.9 Å². The average Bonchev–Trinajstić information content (AvgIpc) is 2.62. The number of ketones is 1. The van der Waals surface area contributed by atoms with Crippen molar-refractivity contribution >= 4 is 5.78 Å². The second kappa shape index (κ2) is 5.19. The SMILES string of the molecule is CC(=O)c1cn(-c2[c-]cccc2)nc1C.[Ir]. The van der Waals surface area contributed by atoms with Gasteiger partial charge >= 0.3 is 0 Å². The number of hydrogen-bond donors (Lipinski definition) is 0. The molecule has 0 spiro atoms. The minimum Gasteiger partial charge on any atom is -0.294 e. The first kappa shape index (κ1) is 12.8. The van der Waals surface area contributed by atoms with Crippen molar-refractivity contribution in [1.82, 2.24) is 9.78 Å². The average molecular weight is 391 g/mol. The van der Waals surface area contributed by atoms with Gasteiger partial charge in [-0.25, -0.2) is 0 Å². The van der Waals surface area contributed by atoms with Gasteiger partial charge in [-0.2, -0.15) is 29.4 Å². The molecule has 0 atom stereocenters. The van der Waals surface area contributed by atoms with Gasteiger partial charge in [-0.15, -0.1) is 6.07 Å². The zero-order valence-corrected chi connectivity index (χ0v) is 11.4. The molecule has 0 N–H and O–H groups in total. The van der Waals surface area contributed by atoms with Gasteiger partial charge in [0.2, 0.25) is 0 Å². The van der Waals surface area contributed by atoms with E-state index in [1.165, 1.54) is 0 Å². The standard InChI is InChI=1S/C12H11N2O.Ir/c1-9-12(10(2)15)8-14(13-9)11-6-4-3-5-7-11;/h3-6,8H,1-2H3;/q-1;. The molecule has 85 valence electrons. The summed E-state index contributed by atoms with van der Waals surface area (Å²) in [5.41, 5.74) is 2.25. The number of benzene rings is 1. The number of nitrogens with zero attached hydrogens (tertiary/aromatic N) is 2. The minimum absolute atomic E-state index is 0. The normalized spacial score (nSPS) is 9.62. The summed E-state index contributed by atoms with van der Waals surface area (Å²) in [7, 11) is 0. The van der Waals surface area contributed by atoms with Gasteiger partial charge in [0.25, 0.3) is 0 Å². The van der Waals surface area contributed by atoms with Gasteiger partial charge < -0.3 is 0 Å². The molecule has 1 heterocycles. The summed E-state index contributed by atoms with van der Waals surface area (Å²) in [6.07, 6.45) is 1.74. The molecule has 3 nitrogen and oxygen atoms in total. The Bertz CT molecular complexity index is 491. The summed E-state index contributed by atoms with van der Waals surface area (Å²) in [5, 5.41) is 4.27. The van der Waals surface area contributed by atoms with Crippen molar-refractivity contribution in [1.29, 1.82) is 0 Å². The van der Waals surface area contributed by atoms with Gasteiger partial charge in [0.1, 0.15) is 0 Å². The monoisotopic (exact) mass is 392 g/mol. The number of aromatic nitrogens is 2. The van der Waals surface area contributed by atoms with Crippen molar-refractivity contribution in [3.63, 3.8) is 0 Å². The third-order valence-corrected chi connectivity index (χ3v) is 2.22. The number of hydrogen-bond acceptors (Lipinski definition) is 2.